The molecule has 166 valence electrons. The molecule has 0 saturated heterocycles. The van der Waals surface area contributed by atoms with Gasteiger partial charge in [-0.25, -0.2) is 9.59 Å². The van der Waals surface area contributed by atoms with Crippen LogP contribution in [0.5, 0.6) is 5.75 Å². The summed E-state index contributed by atoms with van der Waals surface area (Å²) >= 11 is 0. The molecule has 1 N–H and O–H groups in total. The van der Waals surface area contributed by atoms with Crippen molar-refractivity contribution in [2.45, 2.75) is 6.92 Å². The number of carbonyl (C=O) groups excluding carboxylic acids is 2. The molecule has 0 amide bonds. The van der Waals surface area contributed by atoms with Crippen LogP contribution in [0.25, 0.3) is 21.8 Å². The summed E-state index contributed by atoms with van der Waals surface area (Å²) in [5.74, 6) is -0.750. The molecule has 1 aliphatic heterocycles. The van der Waals surface area contributed by atoms with E-state index < -0.39 is 11.9 Å². The fraction of sp³-hybridized carbons (Fsp3) is 0.261. The van der Waals surface area contributed by atoms with Crippen molar-refractivity contribution in [2.24, 2.45) is 0 Å². The number of H-pyrrole nitrogens is 1. The van der Waals surface area contributed by atoms with Crippen molar-refractivity contribution >= 4 is 39.4 Å². The second kappa shape index (κ2) is 8.72. The van der Waals surface area contributed by atoms with E-state index in [1.165, 1.54) is 19.1 Å². The van der Waals surface area contributed by atoms with Crippen molar-refractivity contribution in [1.82, 2.24) is 4.98 Å². The van der Waals surface area contributed by atoms with E-state index in [0.717, 1.165) is 0 Å². The summed E-state index contributed by atoms with van der Waals surface area (Å²) < 4.78 is 20.7. The minimum atomic E-state index is -0.691. The minimum absolute atomic E-state index is 0.0198. The molecule has 0 saturated carbocycles. The van der Waals surface area contributed by atoms with Gasteiger partial charge in [0.15, 0.2) is 5.43 Å². The molecule has 0 atom stereocenters. The van der Waals surface area contributed by atoms with E-state index >= 15 is 0 Å². The molecular formula is C23H22N2O7. The van der Waals surface area contributed by atoms with Crippen molar-refractivity contribution in [3.8, 4) is 5.75 Å². The number of aromatic amines is 1. The third-order valence-corrected chi connectivity index (χ3v) is 5.21. The number of methoxy groups -OCH3 is 2. The number of anilines is 1. The molecule has 0 radical (unpaired) electrons. The number of hydrogen-bond donors (Lipinski definition) is 1. The molecular weight excluding hydrogens is 416 g/mol. The summed E-state index contributed by atoms with van der Waals surface area (Å²) in [6.07, 6.45) is 0. The van der Waals surface area contributed by atoms with Crippen LogP contribution in [-0.2, 0) is 23.8 Å². The van der Waals surface area contributed by atoms with Gasteiger partial charge < -0.3 is 28.8 Å². The highest BCUT2D eigenvalue weighted by atomic mass is 16.5. The highest BCUT2D eigenvalue weighted by Gasteiger charge is 2.32. The van der Waals surface area contributed by atoms with Crippen LogP contribution in [0, 0.1) is 0 Å². The average Bonchev–Trinajstić information content (AvgIpc) is 2.83. The number of nitrogens with zero attached hydrogens (tertiary/aromatic N) is 1. The average molecular weight is 438 g/mol. The molecule has 1 aromatic heterocycles. The smallest absolute Gasteiger partial charge is 0.355 e. The number of ether oxygens (including phenoxy) is 4. The van der Waals surface area contributed by atoms with Crippen LogP contribution < -0.4 is 15.1 Å². The van der Waals surface area contributed by atoms with Gasteiger partial charge in [0.1, 0.15) is 18.2 Å². The maximum absolute atomic E-state index is 13.1. The Labute approximate surface area is 183 Å². The van der Waals surface area contributed by atoms with Crippen LogP contribution in [0.15, 0.2) is 52.5 Å². The molecule has 0 aliphatic carbocycles. The van der Waals surface area contributed by atoms with E-state index in [-0.39, 0.29) is 30.0 Å². The molecule has 4 rings (SSSR count). The monoisotopic (exact) mass is 438 g/mol. The lowest BCUT2D eigenvalue weighted by Gasteiger charge is -2.31. The van der Waals surface area contributed by atoms with Crippen molar-refractivity contribution in [2.75, 3.05) is 39.1 Å². The molecule has 9 heteroatoms. The molecule has 3 aromatic rings. The summed E-state index contributed by atoms with van der Waals surface area (Å²) in [5, 5.41) is 0.991. The van der Waals surface area contributed by atoms with Gasteiger partial charge in [-0.2, -0.15) is 0 Å². The Morgan fingerprint density at radius 1 is 1.03 bits per heavy atom. The lowest BCUT2D eigenvalue weighted by atomic mass is 10.1. The Morgan fingerprint density at radius 3 is 2.53 bits per heavy atom. The minimum Gasteiger partial charge on any atom is -0.494 e. The van der Waals surface area contributed by atoms with E-state index in [4.69, 9.17) is 18.9 Å². The zero-order valence-corrected chi connectivity index (χ0v) is 17.9. The highest BCUT2D eigenvalue weighted by Crippen LogP contribution is 2.29. The number of benzene rings is 2. The third-order valence-electron chi connectivity index (χ3n) is 5.21. The van der Waals surface area contributed by atoms with E-state index in [1.807, 2.05) is 6.92 Å². The van der Waals surface area contributed by atoms with Gasteiger partial charge in [-0.05, 0) is 43.3 Å². The number of rotatable bonds is 5. The standard InChI is InChI=1S/C23H22N2O7/c1-4-32-14-6-8-18-16(10-14)21(26)15-7-5-13(9-19(15)24-18)25-12-31-11-17(22(27)29-2)20(25)23(28)30-3/h5-10H,4,11-12H2,1-3H3,(H,24,26). The largest absolute Gasteiger partial charge is 0.494 e. The summed E-state index contributed by atoms with van der Waals surface area (Å²) in [6.45, 7) is 2.32. The SMILES string of the molecule is CCOc1ccc2[nH]c3cc(N4COCC(C(=O)OC)=C4C(=O)OC)ccc3c(=O)c2c1. The van der Waals surface area contributed by atoms with Gasteiger partial charge in [0, 0.05) is 16.5 Å². The summed E-state index contributed by atoms with van der Waals surface area (Å²) in [6, 6.07) is 10.4. The van der Waals surface area contributed by atoms with Gasteiger partial charge in [0.25, 0.3) is 0 Å². The molecule has 1 aliphatic rings. The van der Waals surface area contributed by atoms with E-state index in [2.05, 4.69) is 4.98 Å². The van der Waals surface area contributed by atoms with E-state index in [1.54, 1.807) is 36.4 Å². The zero-order valence-electron chi connectivity index (χ0n) is 17.9. The second-order valence-electron chi connectivity index (χ2n) is 7.04. The predicted molar refractivity (Wildman–Crippen MR) is 118 cm³/mol. The predicted octanol–water partition coefficient (Wildman–Crippen LogP) is 2.47. The Balaban J connectivity index is 1.86. The number of fused-ring (bicyclic) bond motifs is 2. The first kappa shape index (κ1) is 21.4. The molecule has 2 aromatic carbocycles. The Hall–Kier alpha value is -3.85. The van der Waals surface area contributed by atoms with Crippen LogP contribution >= 0.6 is 0 Å². The molecule has 0 fully saturated rings. The van der Waals surface area contributed by atoms with Crippen molar-refractivity contribution < 1.29 is 28.5 Å². The fourth-order valence-corrected chi connectivity index (χ4v) is 3.72. The molecule has 32 heavy (non-hydrogen) atoms. The lowest BCUT2D eigenvalue weighted by molar-refractivity contribution is -0.140. The topological polar surface area (TPSA) is 107 Å². The zero-order chi connectivity index (χ0) is 22.8. The van der Waals surface area contributed by atoms with Gasteiger partial charge in [-0.3, -0.25) is 4.79 Å². The molecule has 0 bridgehead atoms. The molecule has 9 nitrogen and oxygen atoms in total. The molecule has 0 spiro atoms. The maximum Gasteiger partial charge on any atom is 0.355 e. The van der Waals surface area contributed by atoms with Crippen LogP contribution in [-0.4, -0.2) is 51.1 Å². The summed E-state index contributed by atoms with van der Waals surface area (Å²) in [7, 11) is 2.46. The fourth-order valence-electron chi connectivity index (χ4n) is 3.72. The van der Waals surface area contributed by atoms with Gasteiger partial charge in [0.2, 0.25) is 0 Å². The van der Waals surface area contributed by atoms with Crippen LogP contribution in [0.2, 0.25) is 0 Å². The first-order chi connectivity index (χ1) is 15.5. The van der Waals surface area contributed by atoms with Gasteiger partial charge in [-0.1, -0.05) is 0 Å². The maximum atomic E-state index is 13.1. The first-order valence-corrected chi connectivity index (χ1v) is 9.96. The number of nitrogens with one attached hydrogen (secondary N) is 1. The van der Waals surface area contributed by atoms with Crippen LogP contribution in [0.1, 0.15) is 6.92 Å². The number of hydrogen-bond acceptors (Lipinski definition) is 8. The van der Waals surface area contributed by atoms with Gasteiger partial charge in [-0.15, -0.1) is 0 Å². The summed E-state index contributed by atoms with van der Waals surface area (Å²) in [5.41, 5.74) is 1.71. The van der Waals surface area contributed by atoms with Gasteiger partial charge >= 0.3 is 11.9 Å². The lowest BCUT2D eigenvalue weighted by Crippen LogP contribution is -2.38. The van der Waals surface area contributed by atoms with E-state index in [0.29, 0.717) is 39.8 Å². The Kier molecular flexibility index (Phi) is 5.83. The number of esters is 2. The summed E-state index contributed by atoms with van der Waals surface area (Å²) in [4.78, 5) is 42.5. The Bertz CT molecular complexity index is 1310. The Morgan fingerprint density at radius 2 is 1.81 bits per heavy atom. The van der Waals surface area contributed by atoms with Gasteiger partial charge in [0.05, 0.1) is 44.0 Å². The second-order valence-corrected chi connectivity index (χ2v) is 7.04. The number of carbonyl (C=O) groups is 2. The normalized spacial score (nSPS) is 14.0. The van der Waals surface area contributed by atoms with Crippen LogP contribution in [0.4, 0.5) is 5.69 Å². The first-order valence-electron chi connectivity index (χ1n) is 9.96. The number of aromatic nitrogens is 1. The van der Waals surface area contributed by atoms with Crippen molar-refractivity contribution in [1.29, 1.82) is 0 Å². The third kappa shape index (κ3) is 3.67. The number of pyridine rings is 1. The molecule has 0 unspecified atom stereocenters. The van der Waals surface area contributed by atoms with E-state index in [9.17, 15) is 14.4 Å². The van der Waals surface area contributed by atoms with Crippen molar-refractivity contribution in [3.05, 3.63) is 57.9 Å². The van der Waals surface area contributed by atoms with Crippen molar-refractivity contribution in [3.63, 3.8) is 0 Å². The van der Waals surface area contributed by atoms with Crippen LogP contribution in [0.3, 0.4) is 0 Å². The molecule has 2 heterocycles. The highest BCUT2D eigenvalue weighted by molar-refractivity contribution is 6.04. The quantitative estimate of drug-likeness (QED) is 0.478.